The minimum absolute atomic E-state index is 0.00981. The van der Waals surface area contributed by atoms with E-state index in [1.54, 1.807) is 29.5 Å². The number of morpholine rings is 1. The highest BCUT2D eigenvalue weighted by molar-refractivity contribution is 7.19. The maximum Gasteiger partial charge on any atom is 0.330 e. The third kappa shape index (κ3) is 5.29. The number of esters is 1. The zero-order valence-corrected chi connectivity index (χ0v) is 18.1. The van der Waals surface area contributed by atoms with Crippen molar-refractivity contribution in [1.82, 2.24) is 0 Å². The van der Waals surface area contributed by atoms with E-state index in [0.717, 1.165) is 45.2 Å². The Labute approximate surface area is 185 Å². The molecule has 1 aliphatic rings. The van der Waals surface area contributed by atoms with E-state index in [1.165, 1.54) is 13.2 Å². The number of methoxy groups -OCH3 is 1. The fourth-order valence-electron chi connectivity index (χ4n) is 3.45. The second-order valence-corrected chi connectivity index (χ2v) is 8.22. The Bertz CT molecular complexity index is 1160. The number of carbonyl (C=O) groups excluding carboxylic acids is 1. The van der Waals surface area contributed by atoms with Crippen LogP contribution >= 0.6 is 11.3 Å². The highest BCUT2D eigenvalue weighted by Gasteiger charge is 2.14. The Balaban J connectivity index is 1.65. The highest BCUT2D eigenvalue weighted by Crippen LogP contribution is 2.32. The molecular formula is C25H23NO4S. The van der Waals surface area contributed by atoms with Gasteiger partial charge in [-0.3, -0.25) is 4.79 Å². The molecule has 0 N–H and O–H groups in total. The molecule has 0 saturated carbocycles. The fourth-order valence-corrected chi connectivity index (χ4v) is 4.58. The second-order valence-electron chi connectivity index (χ2n) is 7.16. The topological polar surface area (TPSA) is 55.8 Å². The van der Waals surface area contributed by atoms with E-state index >= 15 is 0 Å². The van der Waals surface area contributed by atoms with Crippen molar-refractivity contribution in [1.29, 1.82) is 0 Å². The van der Waals surface area contributed by atoms with Crippen LogP contribution in [0.5, 0.6) is 0 Å². The summed E-state index contributed by atoms with van der Waals surface area (Å²) in [6.07, 6.45) is 3.14. The summed E-state index contributed by atoms with van der Waals surface area (Å²) < 4.78 is 10.1. The molecule has 1 aromatic heterocycles. The van der Waals surface area contributed by atoms with Gasteiger partial charge in [-0.2, -0.15) is 0 Å². The molecule has 0 amide bonds. The number of benzene rings is 2. The predicted octanol–water partition coefficient (Wildman–Crippen LogP) is 4.47. The Kier molecular flexibility index (Phi) is 6.60. The molecule has 5 nitrogen and oxygen atoms in total. The molecule has 4 rings (SSSR count). The van der Waals surface area contributed by atoms with Gasteiger partial charge in [-0.1, -0.05) is 36.4 Å². The molecule has 6 heteroatoms. The minimum atomic E-state index is -0.387. The quantitative estimate of drug-likeness (QED) is 0.439. The van der Waals surface area contributed by atoms with E-state index in [2.05, 4.69) is 15.7 Å². The van der Waals surface area contributed by atoms with Crippen LogP contribution in [0.1, 0.15) is 5.56 Å². The van der Waals surface area contributed by atoms with E-state index in [0.29, 0.717) is 13.2 Å². The number of anilines is 1. The molecular weight excluding hydrogens is 410 g/mol. The summed E-state index contributed by atoms with van der Waals surface area (Å²) in [6.45, 7) is 2.96. The van der Waals surface area contributed by atoms with E-state index in [9.17, 15) is 9.59 Å². The van der Waals surface area contributed by atoms with Crippen molar-refractivity contribution in [3.63, 3.8) is 0 Å². The molecule has 0 unspecified atom stereocenters. The summed E-state index contributed by atoms with van der Waals surface area (Å²) in [5, 5.41) is 0.978. The van der Waals surface area contributed by atoms with Crippen LogP contribution < -0.4 is 10.3 Å². The lowest BCUT2D eigenvalue weighted by Crippen LogP contribution is -2.36. The van der Waals surface area contributed by atoms with Crippen LogP contribution in [-0.4, -0.2) is 39.4 Å². The van der Waals surface area contributed by atoms with Crippen molar-refractivity contribution >= 4 is 28.4 Å². The molecule has 31 heavy (non-hydrogen) atoms. The third-order valence-corrected chi connectivity index (χ3v) is 6.22. The van der Waals surface area contributed by atoms with Crippen molar-refractivity contribution in [3.8, 4) is 21.6 Å². The van der Waals surface area contributed by atoms with Crippen LogP contribution in [0.2, 0.25) is 0 Å². The number of nitrogens with zero attached hydrogens (tertiary/aromatic N) is 1. The highest BCUT2D eigenvalue weighted by atomic mass is 32.1. The minimum Gasteiger partial charge on any atom is -0.466 e. The Hall–Kier alpha value is -3.22. The molecule has 1 aliphatic heterocycles. The molecule has 2 aromatic carbocycles. The van der Waals surface area contributed by atoms with Crippen LogP contribution in [-0.2, 0) is 14.3 Å². The monoisotopic (exact) mass is 433 g/mol. The zero-order chi connectivity index (χ0) is 21.6. The average molecular weight is 434 g/mol. The first kappa shape index (κ1) is 21.0. The molecule has 0 radical (unpaired) electrons. The Morgan fingerprint density at radius 3 is 2.48 bits per heavy atom. The maximum absolute atomic E-state index is 12.4. The van der Waals surface area contributed by atoms with E-state index in [1.807, 2.05) is 42.5 Å². The normalized spacial score (nSPS) is 14.0. The molecule has 0 bridgehead atoms. The van der Waals surface area contributed by atoms with Gasteiger partial charge in [-0.15, -0.1) is 11.3 Å². The van der Waals surface area contributed by atoms with Gasteiger partial charge in [0, 0.05) is 36.2 Å². The van der Waals surface area contributed by atoms with Gasteiger partial charge in [0.05, 0.1) is 25.3 Å². The van der Waals surface area contributed by atoms with Gasteiger partial charge in [-0.05, 0) is 40.5 Å². The van der Waals surface area contributed by atoms with Crippen LogP contribution in [0.15, 0.2) is 71.5 Å². The molecule has 1 saturated heterocycles. The van der Waals surface area contributed by atoms with Gasteiger partial charge in [0.1, 0.15) is 0 Å². The summed E-state index contributed by atoms with van der Waals surface area (Å²) >= 11 is 1.62. The summed E-state index contributed by atoms with van der Waals surface area (Å²) in [6, 6.07) is 19.5. The van der Waals surface area contributed by atoms with Gasteiger partial charge in [-0.25, -0.2) is 4.79 Å². The van der Waals surface area contributed by atoms with Crippen molar-refractivity contribution in [2.45, 2.75) is 0 Å². The lowest BCUT2D eigenvalue weighted by Gasteiger charge is -2.28. The summed E-state index contributed by atoms with van der Waals surface area (Å²) in [7, 11) is 1.36. The van der Waals surface area contributed by atoms with Crippen molar-refractivity contribution < 1.29 is 14.3 Å². The number of hydrogen-bond acceptors (Lipinski definition) is 6. The molecule has 0 atom stereocenters. The van der Waals surface area contributed by atoms with Gasteiger partial charge < -0.3 is 14.4 Å². The fraction of sp³-hybridized carbons (Fsp3) is 0.200. The van der Waals surface area contributed by atoms with Crippen molar-refractivity contribution in [2.24, 2.45) is 0 Å². The Morgan fingerprint density at radius 1 is 1.00 bits per heavy atom. The first-order valence-corrected chi connectivity index (χ1v) is 10.9. The van der Waals surface area contributed by atoms with Crippen molar-refractivity contribution in [3.05, 3.63) is 82.5 Å². The van der Waals surface area contributed by atoms with Crippen LogP contribution in [0.3, 0.4) is 0 Å². The van der Waals surface area contributed by atoms with Gasteiger partial charge >= 0.3 is 5.97 Å². The van der Waals surface area contributed by atoms with Crippen LogP contribution in [0.25, 0.3) is 27.6 Å². The summed E-state index contributed by atoms with van der Waals surface area (Å²) in [4.78, 5) is 26.9. The van der Waals surface area contributed by atoms with Gasteiger partial charge in [0.25, 0.3) is 0 Å². The van der Waals surface area contributed by atoms with E-state index in [-0.39, 0.29) is 11.4 Å². The predicted molar refractivity (Wildman–Crippen MR) is 126 cm³/mol. The largest absolute Gasteiger partial charge is 0.466 e. The first-order valence-electron chi connectivity index (χ1n) is 10.1. The van der Waals surface area contributed by atoms with Crippen LogP contribution in [0, 0.1) is 0 Å². The molecule has 158 valence electrons. The molecule has 3 aromatic rings. The number of ether oxygens (including phenoxy) is 2. The lowest BCUT2D eigenvalue weighted by molar-refractivity contribution is -0.134. The zero-order valence-electron chi connectivity index (χ0n) is 17.2. The second kappa shape index (κ2) is 9.73. The van der Waals surface area contributed by atoms with E-state index in [4.69, 9.17) is 4.74 Å². The molecule has 2 heterocycles. The third-order valence-electron chi connectivity index (χ3n) is 5.06. The average Bonchev–Trinajstić information content (AvgIpc) is 2.83. The molecule has 0 spiro atoms. The first-order chi connectivity index (χ1) is 15.1. The number of carbonyl (C=O) groups is 1. The lowest BCUT2D eigenvalue weighted by atomic mass is 10.0. The summed E-state index contributed by atoms with van der Waals surface area (Å²) in [5.74, 6) is -0.387. The molecule has 1 fully saturated rings. The Morgan fingerprint density at radius 2 is 1.71 bits per heavy atom. The van der Waals surface area contributed by atoms with Crippen LogP contribution in [0.4, 0.5) is 5.00 Å². The number of hydrogen-bond donors (Lipinski definition) is 0. The maximum atomic E-state index is 12.4. The summed E-state index contributed by atoms with van der Waals surface area (Å²) in [5.41, 5.74) is 4.00. The van der Waals surface area contributed by atoms with Crippen molar-refractivity contribution in [2.75, 3.05) is 38.3 Å². The smallest absolute Gasteiger partial charge is 0.330 e. The van der Waals surface area contributed by atoms with Gasteiger partial charge in [0.2, 0.25) is 0 Å². The molecule has 0 aliphatic carbocycles. The number of rotatable bonds is 5. The van der Waals surface area contributed by atoms with E-state index < -0.39 is 0 Å². The van der Waals surface area contributed by atoms with Gasteiger partial charge in [0.15, 0.2) is 5.43 Å². The SMILES string of the molecule is COC(=O)/C=C/c1cccc(-c2cccc(-c3cc(=O)cc(N4CCOCC4)s3)c2)c1. The standard InChI is InChI=1S/C25H23NO4S/c1-29-25(28)9-8-18-4-2-5-19(14-18)20-6-3-7-21(15-20)23-16-22(27)17-24(31-23)26-10-12-30-13-11-26/h2-9,14-17H,10-13H2,1H3/b9-8+.